The average molecular weight is 475 g/mol. The fraction of sp³-hybridized carbons (Fsp3) is 0.370. The van der Waals surface area contributed by atoms with E-state index < -0.39 is 0 Å². The van der Waals surface area contributed by atoms with Crippen molar-refractivity contribution >= 4 is 23.5 Å². The second-order valence-corrected chi connectivity index (χ2v) is 10.7. The van der Waals surface area contributed by atoms with Crippen molar-refractivity contribution in [2.45, 2.75) is 57.5 Å². The Morgan fingerprint density at radius 3 is 2.71 bits per heavy atom. The molecule has 0 amide bonds. The molecule has 0 saturated heterocycles. The Hall–Kier alpha value is -3.06. The molecule has 1 aromatic heterocycles. The van der Waals surface area contributed by atoms with Crippen LogP contribution in [0.2, 0.25) is 0 Å². The normalized spacial score (nSPS) is 18.8. The van der Waals surface area contributed by atoms with Crippen LogP contribution in [-0.4, -0.2) is 27.2 Å². The number of hydrogen-bond acceptors (Lipinski definition) is 6. The number of fused-ring (bicyclic) bond motifs is 1. The number of aromatic nitrogens is 3. The Morgan fingerprint density at radius 1 is 1.15 bits per heavy atom. The molecular weight excluding hydrogens is 444 g/mol. The smallest absolute Gasteiger partial charge is 0.227 e. The zero-order valence-electron chi connectivity index (χ0n) is 20.1. The van der Waals surface area contributed by atoms with Gasteiger partial charge in [-0.2, -0.15) is 4.98 Å². The summed E-state index contributed by atoms with van der Waals surface area (Å²) in [4.78, 5) is 18.3. The molecule has 0 bridgehead atoms. The number of allylic oxidation sites excluding steroid dienone is 2. The molecule has 2 aromatic carbocycles. The van der Waals surface area contributed by atoms with Crippen LogP contribution >= 0.6 is 11.8 Å². The van der Waals surface area contributed by atoms with Crippen molar-refractivity contribution in [2.24, 2.45) is 5.41 Å². The molecule has 0 radical (unpaired) electrons. The predicted octanol–water partition coefficient (Wildman–Crippen LogP) is 5.94. The number of para-hydroxylation sites is 1. The minimum atomic E-state index is -0.363. The molecule has 1 atom stereocenters. The van der Waals surface area contributed by atoms with Crippen LogP contribution in [0.15, 0.2) is 65.0 Å². The standard InChI is InChI=1S/C27H30N4O2S/c1-5-33-22-13-9-8-12-19(22)24-23-20(14-27(3,4)15-21(23)32)28-25-29-26(30-31(24)25)34-16-18-11-7-6-10-17(18)2/h6-13,24H,5,14-16H2,1-4H3,(H,28,29,30)/t24-/m1/s1. The summed E-state index contributed by atoms with van der Waals surface area (Å²) in [5, 5.41) is 9.03. The SMILES string of the molecule is CCOc1ccccc1[C@@H]1C2=C(CC(C)(C)CC2=O)Nc2nc(SCc3ccccc3C)nn21. The highest BCUT2D eigenvalue weighted by Gasteiger charge is 2.42. The fourth-order valence-corrected chi connectivity index (χ4v) is 5.75. The Kier molecular flexibility index (Phi) is 5.98. The first-order chi connectivity index (χ1) is 16.4. The molecule has 34 heavy (non-hydrogen) atoms. The van der Waals surface area contributed by atoms with Crippen LogP contribution in [-0.2, 0) is 10.5 Å². The van der Waals surface area contributed by atoms with Gasteiger partial charge in [-0.3, -0.25) is 4.79 Å². The van der Waals surface area contributed by atoms with Gasteiger partial charge in [-0.25, -0.2) is 4.68 Å². The van der Waals surface area contributed by atoms with Gasteiger partial charge < -0.3 is 10.1 Å². The summed E-state index contributed by atoms with van der Waals surface area (Å²) in [5.41, 5.74) is 5.09. The van der Waals surface area contributed by atoms with Crippen molar-refractivity contribution in [1.82, 2.24) is 14.8 Å². The lowest BCUT2D eigenvalue weighted by atomic mass is 9.73. The third-order valence-corrected chi connectivity index (χ3v) is 7.33. The monoisotopic (exact) mass is 474 g/mol. The number of Topliss-reactive ketones (excluding diaryl/α,β-unsaturated/α-hetero) is 1. The number of carbonyl (C=O) groups is 1. The number of ketones is 1. The topological polar surface area (TPSA) is 69.0 Å². The van der Waals surface area contributed by atoms with Crippen molar-refractivity contribution in [3.05, 3.63) is 76.5 Å². The molecule has 3 aromatic rings. The van der Waals surface area contributed by atoms with Crippen LogP contribution in [0.4, 0.5) is 5.95 Å². The number of carbonyl (C=O) groups excluding carboxylic acids is 1. The van der Waals surface area contributed by atoms with Crippen LogP contribution in [0.1, 0.15) is 56.3 Å². The number of thioether (sulfide) groups is 1. The number of nitrogens with zero attached hydrogens (tertiary/aromatic N) is 3. The number of rotatable bonds is 6. The van der Waals surface area contributed by atoms with Crippen molar-refractivity contribution in [1.29, 1.82) is 0 Å². The quantitative estimate of drug-likeness (QED) is 0.446. The van der Waals surface area contributed by atoms with E-state index in [1.54, 1.807) is 11.8 Å². The first kappa shape index (κ1) is 22.7. The summed E-state index contributed by atoms with van der Waals surface area (Å²) in [5.74, 6) is 2.39. The second-order valence-electron chi connectivity index (χ2n) is 9.71. The molecule has 0 unspecified atom stereocenters. The van der Waals surface area contributed by atoms with E-state index in [9.17, 15) is 4.79 Å². The van der Waals surface area contributed by atoms with E-state index in [0.717, 1.165) is 34.8 Å². The van der Waals surface area contributed by atoms with E-state index in [4.69, 9.17) is 14.8 Å². The number of benzene rings is 2. The summed E-state index contributed by atoms with van der Waals surface area (Å²) >= 11 is 1.61. The molecular formula is C27H30N4O2S. The van der Waals surface area contributed by atoms with E-state index >= 15 is 0 Å². The molecule has 0 spiro atoms. The lowest BCUT2D eigenvalue weighted by molar-refractivity contribution is -0.118. The molecule has 2 heterocycles. The van der Waals surface area contributed by atoms with Crippen LogP contribution < -0.4 is 10.1 Å². The second kappa shape index (κ2) is 8.95. The van der Waals surface area contributed by atoms with E-state index in [0.29, 0.717) is 24.1 Å². The van der Waals surface area contributed by atoms with E-state index in [1.807, 2.05) is 35.9 Å². The maximum absolute atomic E-state index is 13.5. The largest absolute Gasteiger partial charge is 0.494 e. The van der Waals surface area contributed by atoms with Gasteiger partial charge in [0.2, 0.25) is 11.1 Å². The third kappa shape index (κ3) is 4.25. The van der Waals surface area contributed by atoms with Gasteiger partial charge >= 0.3 is 0 Å². The highest BCUT2D eigenvalue weighted by atomic mass is 32.2. The van der Waals surface area contributed by atoms with Crippen molar-refractivity contribution in [3.63, 3.8) is 0 Å². The van der Waals surface area contributed by atoms with Gasteiger partial charge in [0.15, 0.2) is 5.78 Å². The number of aryl methyl sites for hydroxylation is 1. The van der Waals surface area contributed by atoms with Crippen molar-refractivity contribution < 1.29 is 9.53 Å². The minimum Gasteiger partial charge on any atom is -0.494 e. The Labute approximate surface area is 204 Å². The van der Waals surface area contributed by atoms with Gasteiger partial charge in [0.05, 0.1) is 6.61 Å². The van der Waals surface area contributed by atoms with Crippen LogP contribution in [0.25, 0.3) is 0 Å². The maximum Gasteiger partial charge on any atom is 0.227 e. The Balaban J connectivity index is 1.57. The third-order valence-electron chi connectivity index (χ3n) is 6.44. The predicted molar refractivity (Wildman–Crippen MR) is 135 cm³/mol. The number of ether oxygens (including phenoxy) is 1. The molecule has 176 valence electrons. The van der Waals surface area contributed by atoms with Crippen LogP contribution in [0.5, 0.6) is 5.75 Å². The molecule has 2 aliphatic rings. The molecule has 6 nitrogen and oxygen atoms in total. The van der Waals surface area contributed by atoms with Gasteiger partial charge in [0.1, 0.15) is 11.8 Å². The molecule has 7 heteroatoms. The first-order valence-electron chi connectivity index (χ1n) is 11.7. The number of anilines is 1. The van der Waals surface area contributed by atoms with E-state index in [1.165, 1.54) is 11.1 Å². The molecule has 5 rings (SSSR count). The lowest BCUT2D eigenvalue weighted by Crippen LogP contribution is -2.36. The van der Waals surface area contributed by atoms with Gasteiger partial charge in [-0.15, -0.1) is 5.10 Å². The van der Waals surface area contributed by atoms with Crippen LogP contribution in [0.3, 0.4) is 0 Å². The van der Waals surface area contributed by atoms with Crippen LogP contribution in [0, 0.1) is 12.3 Å². The van der Waals surface area contributed by atoms with Gasteiger partial charge in [0.25, 0.3) is 0 Å². The summed E-state index contributed by atoms with van der Waals surface area (Å²) in [6.07, 6.45) is 1.31. The maximum atomic E-state index is 13.5. The first-order valence-corrected chi connectivity index (χ1v) is 12.7. The number of nitrogens with one attached hydrogen (secondary N) is 1. The van der Waals surface area contributed by atoms with Gasteiger partial charge in [-0.05, 0) is 42.9 Å². The summed E-state index contributed by atoms with van der Waals surface area (Å²) in [6.45, 7) is 8.93. The molecule has 1 N–H and O–H groups in total. The minimum absolute atomic E-state index is 0.0997. The highest BCUT2D eigenvalue weighted by molar-refractivity contribution is 7.98. The molecule has 0 saturated carbocycles. The number of hydrogen-bond donors (Lipinski definition) is 1. The van der Waals surface area contributed by atoms with Crippen molar-refractivity contribution in [3.8, 4) is 5.75 Å². The Bertz CT molecular complexity index is 1280. The average Bonchev–Trinajstić information content (AvgIpc) is 3.19. The zero-order valence-corrected chi connectivity index (χ0v) is 20.9. The molecule has 0 fully saturated rings. The lowest BCUT2D eigenvalue weighted by Gasteiger charge is -2.38. The molecule has 1 aliphatic carbocycles. The van der Waals surface area contributed by atoms with E-state index in [2.05, 4.69) is 50.4 Å². The molecule has 1 aliphatic heterocycles. The van der Waals surface area contributed by atoms with E-state index in [-0.39, 0.29) is 17.2 Å². The van der Waals surface area contributed by atoms with Crippen molar-refractivity contribution in [2.75, 3.05) is 11.9 Å². The van der Waals surface area contributed by atoms with Gasteiger partial charge in [0, 0.05) is 29.0 Å². The zero-order chi connectivity index (χ0) is 23.9. The Morgan fingerprint density at radius 2 is 1.91 bits per heavy atom. The summed E-state index contributed by atoms with van der Waals surface area (Å²) in [6, 6.07) is 15.9. The summed E-state index contributed by atoms with van der Waals surface area (Å²) in [7, 11) is 0. The van der Waals surface area contributed by atoms with Gasteiger partial charge in [-0.1, -0.05) is 68.1 Å². The fourth-order valence-electron chi connectivity index (χ4n) is 4.85. The highest BCUT2D eigenvalue weighted by Crippen LogP contribution is 2.47. The summed E-state index contributed by atoms with van der Waals surface area (Å²) < 4.78 is 7.83.